The summed E-state index contributed by atoms with van der Waals surface area (Å²) >= 11 is 0. The molecule has 1 aromatic heterocycles. The van der Waals surface area contributed by atoms with Gasteiger partial charge < -0.3 is 14.5 Å². The maximum absolute atomic E-state index is 12.5. The molecule has 6 nitrogen and oxygen atoms in total. The summed E-state index contributed by atoms with van der Waals surface area (Å²) in [6, 6.07) is 12.7. The van der Waals surface area contributed by atoms with Crippen LogP contribution in [0.2, 0.25) is 0 Å². The largest absolute Gasteiger partial charge is 0.465 e. The maximum Gasteiger partial charge on any atom is 0.337 e. The molecule has 0 radical (unpaired) electrons. The van der Waals surface area contributed by atoms with Crippen LogP contribution in [-0.4, -0.2) is 19.0 Å². The number of amides is 1. The Bertz CT molecular complexity index is 1040. The number of anilines is 1. The van der Waals surface area contributed by atoms with Crippen molar-refractivity contribution in [2.24, 2.45) is 0 Å². The van der Waals surface area contributed by atoms with E-state index in [0.29, 0.717) is 22.2 Å². The van der Waals surface area contributed by atoms with E-state index < -0.39 is 11.9 Å². The van der Waals surface area contributed by atoms with Crippen LogP contribution in [0.15, 0.2) is 57.7 Å². The number of rotatable bonds is 3. The van der Waals surface area contributed by atoms with Gasteiger partial charge in [-0.05, 0) is 36.8 Å². The smallest absolute Gasteiger partial charge is 0.337 e. The maximum atomic E-state index is 12.5. The monoisotopic (exact) mass is 337 g/mol. The third-order valence-corrected chi connectivity index (χ3v) is 3.77. The minimum atomic E-state index is -0.576. The number of benzene rings is 2. The van der Waals surface area contributed by atoms with Crippen LogP contribution < -0.4 is 10.7 Å². The van der Waals surface area contributed by atoms with Crippen molar-refractivity contribution in [2.75, 3.05) is 12.4 Å². The van der Waals surface area contributed by atoms with Crippen molar-refractivity contribution < 1.29 is 18.7 Å². The van der Waals surface area contributed by atoms with Crippen LogP contribution in [0.5, 0.6) is 0 Å². The number of carbonyl (C=O) groups excluding carboxylic acids is 2. The number of para-hydroxylation sites is 1. The molecule has 0 aliphatic carbocycles. The molecule has 0 fully saturated rings. The first-order chi connectivity index (χ1) is 12.0. The molecule has 1 heterocycles. The fourth-order valence-electron chi connectivity index (χ4n) is 2.40. The molecule has 0 unspecified atom stereocenters. The summed E-state index contributed by atoms with van der Waals surface area (Å²) in [5, 5.41) is 3.06. The van der Waals surface area contributed by atoms with Gasteiger partial charge in [-0.25, -0.2) is 4.79 Å². The van der Waals surface area contributed by atoms with E-state index in [2.05, 4.69) is 10.1 Å². The second kappa shape index (κ2) is 6.60. The highest BCUT2D eigenvalue weighted by Gasteiger charge is 2.15. The van der Waals surface area contributed by atoms with Crippen LogP contribution in [0.3, 0.4) is 0 Å². The SMILES string of the molecule is COC(=O)c1ccc(C)c(NC(=O)c2cc(=O)c3ccccc3o2)c1. The standard InChI is InChI=1S/C19H15NO5/c1-11-7-8-12(19(23)24-2)9-14(11)20-18(22)17-10-15(21)13-5-3-4-6-16(13)25-17/h3-10H,1-2H3,(H,20,22). The van der Waals surface area contributed by atoms with Gasteiger partial charge in [0.05, 0.1) is 18.1 Å². The molecule has 25 heavy (non-hydrogen) atoms. The van der Waals surface area contributed by atoms with Gasteiger partial charge in [0.1, 0.15) is 5.58 Å². The minimum Gasteiger partial charge on any atom is -0.465 e. The van der Waals surface area contributed by atoms with Crippen molar-refractivity contribution in [3.63, 3.8) is 0 Å². The third kappa shape index (κ3) is 3.28. The van der Waals surface area contributed by atoms with E-state index in [0.717, 1.165) is 11.6 Å². The number of nitrogens with one attached hydrogen (secondary N) is 1. The van der Waals surface area contributed by atoms with Gasteiger partial charge in [0.25, 0.3) is 5.91 Å². The van der Waals surface area contributed by atoms with Crippen molar-refractivity contribution >= 4 is 28.5 Å². The van der Waals surface area contributed by atoms with E-state index in [1.807, 2.05) is 0 Å². The zero-order valence-corrected chi connectivity index (χ0v) is 13.7. The first-order valence-electron chi connectivity index (χ1n) is 7.53. The fraction of sp³-hybridized carbons (Fsp3) is 0.105. The Labute approximate surface area is 143 Å². The summed E-state index contributed by atoms with van der Waals surface area (Å²) in [6.07, 6.45) is 0. The first kappa shape index (κ1) is 16.4. The minimum absolute atomic E-state index is 0.105. The zero-order valence-electron chi connectivity index (χ0n) is 13.7. The lowest BCUT2D eigenvalue weighted by Crippen LogP contribution is -2.16. The number of hydrogen-bond acceptors (Lipinski definition) is 5. The van der Waals surface area contributed by atoms with Crippen LogP contribution in [-0.2, 0) is 4.74 Å². The van der Waals surface area contributed by atoms with Crippen LogP contribution in [0, 0.1) is 6.92 Å². The summed E-state index contributed by atoms with van der Waals surface area (Å²) < 4.78 is 10.2. The van der Waals surface area contributed by atoms with Gasteiger partial charge in [-0.15, -0.1) is 0 Å². The number of methoxy groups -OCH3 is 1. The molecule has 3 rings (SSSR count). The van der Waals surface area contributed by atoms with E-state index >= 15 is 0 Å². The first-order valence-corrected chi connectivity index (χ1v) is 7.53. The Kier molecular flexibility index (Phi) is 4.35. The molecule has 2 aromatic carbocycles. The van der Waals surface area contributed by atoms with Gasteiger partial charge in [0.2, 0.25) is 0 Å². The second-order valence-electron chi connectivity index (χ2n) is 5.45. The Morgan fingerprint density at radius 1 is 1.08 bits per heavy atom. The number of carbonyl (C=O) groups is 2. The molecular weight excluding hydrogens is 322 g/mol. The molecule has 0 bridgehead atoms. The van der Waals surface area contributed by atoms with E-state index in [9.17, 15) is 14.4 Å². The van der Waals surface area contributed by atoms with E-state index in [4.69, 9.17) is 4.42 Å². The molecule has 0 saturated heterocycles. The lowest BCUT2D eigenvalue weighted by molar-refractivity contribution is 0.0600. The molecular formula is C19H15NO5. The lowest BCUT2D eigenvalue weighted by Gasteiger charge is -2.10. The lowest BCUT2D eigenvalue weighted by atomic mass is 10.1. The van der Waals surface area contributed by atoms with Crippen LogP contribution in [0.25, 0.3) is 11.0 Å². The number of esters is 1. The number of aryl methyl sites for hydroxylation is 1. The molecule has 126 valence electrons. The zero-order chi connectivity index (χ0) is 18.0. The van der Waals surface area contributed by atoms with Crippen molar-refractivity contribution in [2.45, 2.75) is 6.92 Å². The van der Waals surface area contributed by atoms with Gasteiger partial charge in [-0.2, -0.15) is 0 Å². The average molecular weight is 337 g/mol. The van der Waals surface area contributed by atoms with Crippen molar-refractivity contribution in [1.82, 2.24) is 0 Å². The molecule has 0 aliphatic rings. The quantitative estimate of drug-likeness (QED) is 0.742. The summed E-state index contributed by atoms with van der Waals surface area (Å²) in [5.41, 5.74) is 1.53. The molecule has 1 N–H and O–H groups in total. The Balaban J connectivity index is 1.95. The molecule has 0 aliphatic heterocycles. The molecule has 3 aromatic rings. The van der Waals surface area contributed by atoms with Gasteiger partial charge in [-0.3, -0.25) is 9.59 Å². The third-order valence-electron chi connectivity index (χ3n) is 3.77. The number of ether oxygens (including phenoxy) is 1. The average Bonchev–Trinajstić information content (AvgIpc) is 2.62. The van der Waals surface area contributed by atoms with E-state index in [-0.39, 0.29) is 11.2 Å². The molecule has 1 amide bonds. The van der Waals surface area contributed by atoms with Crippen molar-refractivity contribution in [3.05, 3.63) is 75.6 Å². The highest BCUT2D eigenvalue weighted by atomic mass is 16.5. The van der Waals surface area contributed by atoms with Crippen molar-refractivity contribution in [3.8, 4) is 0 Å². The second-order valence-corrected chi connectivity index (χ2v) is 5.45. The molecule has 6 heteroatoms. The van der Waals surface area contributed by atoms with Gasteiger partial charge in [0.15, 0.2) is 11.2 Å². The van der Waals surface area contributed by atoms with E-state index in [1.54, 1.807) is 43.3 Å². The summed E-state index contributed by atoms with van der Waals surface area (Å²) in [5.74, 6) is -1.19. The topological polar surface area (TPSA) is 85.6 Å². The van der Waals surface area contributed by atoms with Crippen LogP contribution in [0.4, 0.5) is 5.69 Å². The fourth-order valence-corrected chi connectivity index (χ4v) is 2.40. The Morgan fingerprint density at radius 3 is 2.60 bits per heavy atom. The van der Waals surface area contributed by atoms with Gasteiger partial charge >= 0.3 is 5.97 Å². The normalized spacial score (nSPS) is 10.5. The summed E-state index contributed by atoms with van der Waals surface area (Å²) in [7, 11) is 1.28. The predicted molar refractivity (Wildman–Crippen MR) is 93.0 cm³/mol. The Hall–Kier alpha value is -3.41. The molecule has 0 atom stereocenters. The summed E-state index contributed by atoms with van der Waals surface area (Å²) in [6.45, 7) is 1.78. The van der Waals surface area contributed by atoms with Gasteiger partial charge in [0, 0.05) is 11.8 Å². The number of fused-ring (bicyclic) bond motifs is 1. The van der Waals surface area contributed by atoms with Crippen LogP contribution in [0.1, 0.15) is 26.5 Å². The number of hydrogen-bond donors (Lipinski definition) is 1. The predicted octanol–water partition coefficient (Wildman–Crippen LogP) is 3.14. The molecule has 0 saturated carbocycles. The highest BCUT2D eigenvalue weighted by molar-refractivity contribution is 6.04. The van der Waals surface area contributed by atoms with Gasteiger partial charge in [-0.1, -0.05) is 18.2 Å². The van der Waals surface area contributed by atoms with Crippen molar-refractivity contribution in [1.29, 1.82) is 0 Å². The highest BCUT2D eigenvalue weighted by Crippen LogP contribution is 2.19. The van der Waals surface area contributed by atoms with Crippen LogP contribution >= 0.6 is 0 Å². The molecule has 0 spiro atoms. The van der Waals surface area contributed by atoms with E-state index in [1.165, 1.54) is 13.2 Å². The summed E-state index contributed by atoms with van der Waals surface area (Å²) in [4.78, 5) is 36.2. The Morgan fingerprint density at radius 2 is 1.84 bits per heavy atom.